The summed E-state index contributed by atoms with van der Waals surface area (Å²) in [5.74, 6) is -0.981. The molecular formula is C13H16NO4RbS. The predicted octanol–water partition coefficient (Wildman–Crippen LogP) is -1.50. The summed E-state index contributed by atoms with van der Waals surface area (Å²) in [6.45, 7) is 5.42. The molecule has 1 aliphatic rings. The third-order valence-corrected chi connectivity index (χ3v) is 3.78. The van der Waals surface area contributed by atoms with Gasteiger partial charge in [-0.05, 0) is 33.3 Å². The first-order valence-corrected chi connectivity index (χ1v) is 6.93. The van der Waals surface area contributed by atoms with Crippen LogP contribution in [-0.2, 0) is 4.74 Å². The van der Waals surface area contributed by atoms with E-state index in [0.717, 1.165) is 11.3 Å². The first-order valence-electron chi connectivity index (χ1n) is 6.05. The number of carbonyl (C=O) groups excluding carboxylic acids is 2. The van der Waals surface area contributed by atoms with Crippen LogP contribution >= 0.6 is 11.3 Å². The molecule has 1 aromatic heterocycles. The van der Waals surface area contributed by atoms with Crippen molar-refractivity contribution in [3.05, 3.63) is 21.9 Å². The quantitative estimate of drug-likeness (QED) is 0.705. The van der Waals surface area contributed by atoms with Gasteiger partial charge in [0.25, 0.3) is 0 Å². The van der Waals surface area contributed by atoms with E-state index in [9.17, 15) is 14.7 Å². The molecule has 1 aliphatic carbocycles. The number of carboxylic acid groups (broad SMARTS) is 1. The summed E-state index contributed by atoms with van der Waals surface area (Å²) in [6.07, 6.45) is 0.378. The maximum Gasteiger partial charge on any atom is 1.00 e. The van der Waals surface area contributed by atoms with Gasteiger partial charge in [0.1, 0.15) is 5.60 Å². The van der Waals surface area contributed by atoms with Crippen molar-refractivity contribution in [3.8, 4) is 0 Å². The molecule has 2 atom stereocenters. The van der Waals surface area contributed by atoms with Crippen LogP contribution in [-0.4, -0.2) is 23.7 Å². The van der Waals surface area contributed by atoms with Crippen LogP contribution in [0.4, 0.5) is 4.79 Å². The van der Waals surface area contributed by atoms with Crippen LogP contribution in [0.5, 0.6) is 0 Å². The van der Waals surface area contributed by atoms with Gasteiger partial charge in [0.05, 0.1) is 5.97 Å². The Morgan fingerprint density at radius 3 is 2.60 bits per heavy atom. The monoisotopic (exact) mass is 367 g/mol. The number of nitrogens with one attached hydrogen (secondary N) is 1. The van der Waals surface area contributed by atoms with Crippen molar-refractivity contribution in [2.24, 2.45) is 0 Å². The fraction of sp³-hybridized carbons (Fsp3) is 0.538. The van der Waals surface area contributed by atoms with Crippen molar-refractivity contribution < 1.29 is 77.6 Å². The molecule has 0 aromatic carbocycles. The van der Waals surface area contributed by atoms with Crippen LogP contribution < -0.4 is 68.6 Å². The van der Waals surface area contributed by atoms with E-state index in [1.54, 1.807) is 11.4 Å². The van der Waals surface area contributed by atoms with Gasteiger partial charge in [-0.1, -0.05) is 0 Å². The Labute approximate surface area is 170 Å². The van der Waals surface area contributed by atoms with Crippen LogP contribution in [0.25, 0.3) is 0 Å². The summed E-state index contributed by atoms with van der Waals surface area (Å²) in [5, 5.41) is 15.0. The molecule has 1 N–H and O–H groups in total. The molecule has 2 rings (SSSR count). The van der Waals surface area contributed by atoms with Crippen molar-refractivity contribution in [2.45, 2.75) is 44.8 Å². The largest absolute Gasteiger partial charge is 1.00 e. The van der Waals surface area contributed by atoms with Crippen molar-refractivity contribution in [1.29, 1.82) is 0 Å². The molecule has 1 amide bonds. The van der Waals surface area contributed by atoms with Gasteiger partial charge in [-0.25, -0.2) is 4.79 Å². The number of carbonyl (C=O) groups is 2. The molecule has 0 bridgehead atoms. The van der Waals surface area contributed by atoms with E-state index in [2.05, 4.69) is 5.32 Å². The minimum absolute atomic E-state index is 0. The van der Waals surface area contributed by atoms with Crippen LogP contribution in [0.3, 0.4) is 0 Å². The number of aromatic carboxylic acids is 1. The maximum absolute atomic E-state index is 11.6. The van der Waals surface area contributed by atoms with Crippen molar-refractivity contribution in [2.75, 3.05) is 0 Å². The summed E-state index contributed by atoms with van der Waals surface area (Å²) in [6, 6.07) is 1.64. The fourth-order valence-electron chi connectivity index (χ4n) is 1.78. The fourth-order valence-corrected chi connectivity index (χ4v) is 2.84. The normalized spacial score (nSPS) is 20.8. The molecule has 1 aromatic rings. The minimum atomic E-state index is -1.17. The van der Waals surface area contributed by atoms with Gasteiger partial charge in [0.2, 0.25) is 0 Å². The zero-order chi connectivity index (χ0) is 14.2. The summed E-state index contributed by atoms with van der Waals surface area (Å²) < 4.78 is 5.17. The summed E-state index contributed by atoms with van der Waals surface area (Å²) in [5.41, 5.74) is -0.317. The number of hydrogen-bond donors (Lipinski definition) is 1. The van der Waals surface area contributed by atoms with Gasteiger partial charge in [-0.3, -0.25) is 0 Å². The smallest absolute Gasteiger partial charge is 0.545 e. The molecule has 0 saturated heterocycles. The zero-order valence-electron chi connectivity index (χ0n) is 12.1. The number of ether oxygens (including phenoxy) is 1. The molecule has 1 fully saturated rings. The number of thiophene rings is 1. The Morgan fingerprint density at radius 1 is 1.45 bits per heavy atom. The van der Waals surface area contributed by atoms with Crippen LogP contribution in [0.15, 0.2) is 11.4 Å². The van der Waals surface area contributed by atoms with Gasteiger partial charge in [0.15, 0.2) is 0 Å². The maximum atomic E-state index is 11.6. The van der Waals surface area contributed by atoms with Crippen LogP contribution in [0, 0.1) is 0 Å². The van der Waals surface area contributed by atoms with Gasteiger partial charge < -0.3 is 20.0 Å². The molecule has 5 nitrogen and oxygen atoms in total. The van der Waals surface area contributed by atoms with Gasteiger partial charge in [-0.2, -0.15) is 0 Å². The van der Waals surface area contributed by atoms with Gasteiger partial charge in [-0.15, -0.1) is 11.3 Å². The van der Waals surface area contributed by atoms with E-state index < -0.39 is 17.7 Å². The summed E-state index contributed by atoms with van der Waals surface area (Å²) >= 11 is 1.38. The Kier molecular flexibility index (Phi) is 6.41. The number of rotatable bonds is 3. The second kappa shape index (κ2) is 7.00. The molecule has 20 heavy (non-hydrogen) atoms. The Morgan fingerprint density at radius 2 is 2.10 bits per heavy atom. The van der Waals surface area contributed by atoms with E-state index in [4.69, 9.17) is 4.74 Å². The van der Waals surface area contributed by atoms with E-state index in [0.29, 0.717) is 0 Å². The minimum Gasteiger partial charge on any atom is -0.545 e. The summed E-state index contributed by atoms with van der Waals surface area (Å²) in [7, 11) is 0. The van der Waals surface area contributed by atoms with E-state index in [-0.39, 0.29) is 75.7 Å². The van der Waals surface area contributed by atoms with Gasteiger partial charge in [0, 0.05) is 27.8 Å². The second-order valence-electron chi connectivity index (χ2n) is 5.62. The first kappa shape index (κ1) is 18.3. The number of alkyl carbamates (subject to hydrolysis) is 1. The van der Waals surface area contributed by atoms with E-state index in [1.165, 1.54) is 11.3 Å². The Balaban J connectivity index is 0.00000200. The standard InChI is InChI=1S/C13H17NO4S.Rb/c1-13(2,3)18-12(17)14-9-5-8(9)10-4-7(6-19-10)11(15)16;/h4,6,8-9H,5H2,1-3H3,(H,14,17)(H,15,16);/q;+1/p-1/t8-,9-;/m1./s1. The predicted molar refractivity (Wildman–Crippen MR) is 69.2 cm³/mol. The average Bonchev–Trinajstić information content (AvgIpc) is 2.82. The second-order valence-corrected chi connectivity index (χ2v) is 6.56. The number of carboxylic acids is 1. The molecular weight excluding hydrogens is 352 g/mol. The molecule has 1 saturated carbocycles. The van der Waals surface area contributed by atoms with Crippen LogP contribution in [0.2, 0.25) is 0 Å². The Hall–Kier alpha value is 0.245. The Bertz CT molecular complexity index is 509. The van der Waals surface area contributed by atoms with Crippen molar-refractivity contribution in [1.82, 2.24) is 5.32 Å². The third kappa shape index (κ3) is 5.22. The molecule has 104 valence electrons. The molecule has 1 heterocycles. The number of hydrogen-bond acceptors (Lipinski definition) is 5. The van der Waals surface area contributed by atoms with Gasteiger partial charge >= 0.3 is 64.3 Å². The third-order valence-electron chi connectivity index (χ3n) is 2.71. The molecule has 0 radical (unpaired) electrons. The molecule has 7 heteroatoms. The molecule has 0 spiro atoms. The van der Waals surface area contributed by atoms with Crippen molar-refractivity contribution >= 4 is 23.4 Å². The zero-order valence-corrected chi connectivity index (χ0v) is 17.8. The SMILES string of the molecule is CC(C)(C)OC(=O)N[C@@H]1C[C@H]1c1cc(C(=O)[O-])cs1.[Rb+]. The topological polar surface area (TPSA) is 78.5 Å². The summed E-state index contributed by atoms with van der Waals surface area (Å²) in [4.78, 5) is 23.2. The van der Waals surface area contributed by atoms with Crippen molar-refractivity contribution in [3.63, 3.8) is 0 Å². The first-order chi connectivity index (χ1) is 8.76. The van der Waals surface area contributed by atoms with E-state index >= 15 is 0 Å². The molecule has 0 unspecified atom stereocenters. The van der Waals surface area contributed by atoms with E-state index in [1.807, 2.05) is 20.8 Å². The number of amides is 1. The molecule has 0 aliphatic heterocycles. The van der Waals surface area contributed by atoms with Crippen LogP contribution in [0.1, 0.15) is 48.3 Å². The average molecular weight is 368 g/mol.